The lowest BCUT2D eigenvalue weighted by molar-refractivity contribution is -0.136. The highest BCUT2D eigenvalue weighted by Gasteiger charge is 2.22. The average molecular weight is 229 g/mol. The molecule has 1 atom stereocenters. The van der Waals surface area contributed by atoms with Gasteiger partial charge in [-0.1, -0.05) is 48.5 Å². The first-order valence-corrected chi connectivity index (χ1v) is 6.68. The molecule has 1 amide bonds. The quantitative estimate of drug-likeness (QED) is 0.702. The molecule has 0 heterocycles. The second-order valence-electron chi connectivity index (χ2n) is 4.80. The summed E-state index contributed by atoms with van der Waals surface area (Å²) in [6.45, 7) is 18.3. The molecule has 0 radical (unpaired) electrons. The van der Waals surface area contributed by atoms with Crippen LogP contribution in [0.2, 0.25) is 0 Å². The Morgan fingerprint density at radius 2 is 1.50 bits per heavy atom. The van der Waals surface area contributed by atoms with Crippen LogP contribution in [0.3, 0.4) is 0 Å². The van der Waals surface area contributed by atoms with Gasteiger partial charge in [-0.15, -0.1) is 0 Å². The van der Waals surface area contributed by atoms with Crippen LogP contribution in [-0.4, -0.2) is 23.9 Å². The molecule has 0 aliphatic heterocycles. The maximum Gasteiger partial charge on any atom is 0.225 e. The van der Waals surface area contributed by atoms with Crippen molar-refractivity contribution < 1.29 is 4.79 Å². The summed E-state index contributed by atoms with van der Waals surface area (Å²) in [4.78, 5) is 13.9. The predicted octanol–water partition coefficient (Wildman–Crippen LogP) is 3.81. The third kappa shape index (κ3) is 6.86. The van der Waals surface area contributed by atoms with E-state index in [1.165, 1.54) is 0 Å². The van der Waals surface area contributed by atoms with Crippen molar-refractivity contribution in [2.24, 2.45) is 17.8 Å². The van der Waals surface area contributed by atoms with Crippen molar-refractivity contribution in [3.05, 3.63) is 0 Å². The lowest BCUT2D eigenvalue weighted by Gasteiger charge is -2.27. The van der Waals surface area contributed by atoms with Crippen LogP contribution in [-0.2, 0) is 4.79 Å². The molecular formula is C14H31NO. The third-order valence-electron chi connectivity index (χ3n) is 2.67. The molecule has 0 aromatic heterocycles. The van der Waals surface area contributed by atoms with E-state index in [-0.39, 0.29) is 5.92 Å². The highest BCUT2D eigenvalue weighted by molar-refractivity contribution is 5.78. The zero-order chi connectivity index (χ0) is 13.3. The van der Waals surface area contributed by atoms with Crippen molar-refractivity contribution in [2.45, 2.75) is 55.4 Å². The number of rotatable bonds is 5. The van der Waals surface area contributed by atoms with Crippen molar-refractivity contribution in [1.82, 2.24) is 4.90 Å². The fourth-order valence-corrected chi connectivity index (χ4v) is 1.39. The monoisotopic (exact) mass is 229 g/mol. The topological polar surface area (TPSA) is 20.3 Å². The van der Waals surface area contributed by atoms with Gasteiger partial charge in [-0.2, -0.15) is 0 Å². The first-order valence-electron chi connectivity index (χ1n) is 6.68. The summed E-state index contributed by atoms with van der Waals surface area (Å²) >= 11 is 0. The van der Waals surface area contributed by atoms with Crippen molar-refractivity contribution >= 4 is 5.91 Å². The molecule has 0 saturated heterocycles. The molecule has 98 valence electrons. The van der Waals surface area contributed by atoms with E-state index < -0.39 is 0 Å². The van der Waals surface area contributed by atoms with Gasteiger partial charge in [0.05, 0.1) is 0 Å². The molecule has 0 spiro atoms. The first kappa shape index (κ1) is 17.9. The van der Waals surface area contributed by atoms with Gasteiger partial charge in [0.1, 0.15) is 0 Å². The lowest BCUT2D eigenvalue weighted by atomic mass is 9.96. The van der Waals surface area contributed by atoms with Crippen LogP contribution in [0.1, 0.15) is 55.4 Å². The third-order valence-corrected chi connectivity index (χ3v) is 2.67. The minimum absolute atomic E-state index is 0.147. The van der Waals surface area contributed by atoms with Gasteiger partial charge >= 0.3 is 0 Å². The maximum absolute atomic E-state index is 12.0. The second-order valence-corrected chi connectivity index (χ2v) is 4.80. The standard InChI is InChI=1S/C12H25NO.C2H6/c1-7-13(8-9(2)3)12(14)11(6)10(4)5;1-2/h9-11H,7-8H2,1-6H3;1-2H3. The summed E-state index contributed by atoms with van der Waals surface area (Å²) in [6.07, 6.45) is 0. The highest BCUT2D eigenvalue weighted by Crippen LogP contribution is 2.14. The van der Waals surface area contributed by atoms with Crippen molar-refractivity contribution in [3.8, 4) is 0 Å². The number of hydrogen-bond acceptors (Lipinski definition) is 1. The molecule has 0 aromatic rings. The average Bonchev–Trinajstić information content (AvgIpc) is 2.26. The Balaban J connectivity index is 0. The van der Waals surface area contributed by atoms with E-state index in [0.29, 0.717) is 17.7 Å². The molecule has 0 aliphatic carbocycles. The van der Waals surface area contributed by atoms with E-state index in [0.717, 1.165) is 13.1 Å². The van der Waals surface area contributed by atoms with Crippen LogP contribution in [0.25, 0.3) is 0 Å². The Morgan fingerprint density at radius 1 is 1.06 bits per heavy atom. The van der Waals surface area contributed by atoms with E-state index >= 15 is 0 Å². The van der Waals surface area contributed by atoms with E-state index in [2.05, 4.69) is 27.7 Å². The Morgan fingerprint density at radius 3 is 1.75 bits per heavy atom. The molecule has 0 rings (SSSR count). The van der Waals surface area contributed by atoms with Crippen LogP contribution in [0, 0.1) is 17.8 Å². The normalized spacial score (nSPS) is 12.1. The highest BCUT2D eigenvalue weighted by atomic mass is 16.2. The summed E-state index contributed by atoms with van der Waals surface area (Å²) in [5.74, 6) is 1.44. The van der Waals surface area contributed by atoms with Gasteiger partial charge in [0, 0.05) is 19.0 Å². The molecule has 0 N–H and O–H groups in total. The van der Waals surface area contributed by atoms with E-state index in [1.54, 1.807) is 0 Å². The summed E-state index contributed by atoms with van der Waals surface area (Å²) < 4.78 is 0. The van der Waals surface area contributed by atoms with Crippen LogP contribution in [0.4, 0.5) is 0 Å². The van der Waals surface area contributed by atoms with Crippen molar-refractivity contribution in [3.63, 3.8) is 0 Å². The largest absolute Gasteiger partial charge is 0.342 e. The summed E-state index contributed by atoms with van der Waals surface area (Å²) in [5, 5.41) is 0. The van der Waals surface area contributed by atoms with Crippen molar-refractivity contribution in [1.29, 1.82) is 0 Å². The van der Waals surface area contributed by atoms with E-state index in [1.807, 2.05) is 32.6 Å². The van der Waals surface area contributed by atoms with E-state index in [9.17, 15) is 4.79 Å². The van der Waals surface area contributed by atoms with Gasteiger partial charge in [-0.3, -0.25) is 4.79 Å². The number of amides is 1. The zero-order valence-electron chi connectivity index (χ0n) is 12.5. The minimum Gasteiger partial charge on any atom is -0.342 e. The molecule has 0 fully saturated rings. The second kappa shape index (κ2) is 9.68. The van der Waals surface area contributed by atoms with E-state index in [4.69, 9.17) is 0 Å². The van der Waals surface area contributed by atoms with Gasteiger partial charge in [0.2, 0.25) is 5.91 Å². The van der Waals surface area contributed by atoms with Crippen molar-refractivity contribution in [2.75, 3.05) is 13.1 Å². The fraction of sp³-hybridized carbons (Fsp3) is 0.929. The molecule has 1 unspecified atom stereocenters. The molecule has 16 heavy (non-hydrogen) atoms. The number of nitrogens with zero attached hydrogens (tertiary/aromatic N) is 1. The van der Waals surface area contributed by atoms with Gasteiger partial charge in [-0.25, -0.2) is 0 Å². The SMILES string of the molecule is CC.CCN(CC(C)C)C(=O)C(C)C(C)C. The lowest BCUT2D eigenvalue weighted by Crippen LogP contribution is -2.39. The molecule has 2 nitrogen and oxygen atoms in total. The molecular weight excluding hydrogens is 198 g/mol. The Kier molecular flexibility index (Phi) is 10.8. The van der Waals surface area contributed by atoms with Gasteiger partial charge in [0.25, 0.3) is 0 Å². The predicted molar refractivity (Wildman–Crippen MR) is 72.4 cm³/mol. The van der Waals surface area contributed by atoms with Gasteiger partial charge in [-0.05, 0) is 18.8 Å². The number of carbonyl (C=O) groups is 1. The van der Waals surface area contributed by atoms with Gasteiger partial charge < -0.3 is 4.90 Å². The Hall–Kier alpha value is -0.530. The Labute approximate surface area is 102 Å². The van der Waals surface area contributed by atoms with Crippen LogP contribution in [0.15, 0.2) is 0 Å². The molecule has 0 aromatic carbocycles. The van der Waals surface area contributed by atoms with Crippen LogP contribution in [0.5, 0.6) is 0 Å². The summed E-state index contributed by atoms with van der Waals surface area (Å²) in [5.41, 5.74) is 0. The molecule has 0 bridgehead atoms. The number of carbonyl (C=O) groups excluding carboxylic acids is 1. The first-order chi connectivity index (χ1) is 7.40. The molecule has 2 heteroatoms. The Bertz CT molecular complexity index is 176. The molecule has 0 aliphatic rings. The maximum atomic E-state index is 12.0. The number of hydrogen-bond donors (Lipinski definition) is 0. The fourth-order valence-electron chi connectivity index (χ4n) is 1.39. The smallest absolute Gasteiger partial charge is 0.225 e. The zero-order valence-corrected chi connectivity index (χ0v) is 12.5. The molecule has 0 saturated carbocycles. The minimum atomic E-state index is 0.147. The summed E-state index contributed by atoms with van der Waals surface area (Å²) in [6, 6.07) is 0. The van der Waals surface area contributed by atoms with Gasteiger partial charge in [0.15, 0.2) is 0 Å². The van der Waals surface area contributed by atoms with Crippen LogP contribution < -0.4 is 0 Å². The summed E-state index contributed by atoms with van der Waals surface area (Å²) in [7, 11) is 0. The van der Waals surface area contributed by atoms with Crippen LogP contribution >= 0.6 is 0 Å².